The Morgan fingerprint density at radius 1 is 1.27 bits per heavy atom. The van der Waals surface area contributed by atoms with Crippen LogP contribution in [0.25, 0.3) is 0 Å². The van der Waals surface area contributed by atoms with E-state index in [0.29, 0.717) is 12.6 Å². The van der Waals surface area contributed by atoms with Crippen molar-refractivity contribution in [1.29, 1.82) is 0 Å². The maximum absolute atomic E-state index is 12.4. The lowest BCUT2D eigenvalue weighted by Gasteiger charge is -2.49. The summed E-state index contributed by atoms with van der Waals surface area (Å²) in [7, 11) is 0. The molecule has 2 fully saturated rings. The summed E-state index contributed by atoms with van der Waals surface area (Å²) in [6.07, 6.45) is 5.83. The molecule has 3 heterocycles. The average molecular weight is 418 g/mol. The highest BCUT2D eigenvalue weighted by Crippen LogP contribution is 2.32. The van der Waals surface area contributed by atoms with Gasteiger partial charge < -0.3 is 20.7 Å². The van der Waals surface area contributed by atoms with Gasteiger partial charge >= 0.3 is 6.09 Å². The van der Waals surface area contributed by atoms with Crippen LogP contribution in [0.2, 0.25) is 0 Å². The van der Waals surface area contributed by atoms with Gasteiger partial charge in [0.05, 0.1) is 11.7 Å². The second-order valence-corrected chi connectivity index (χ2v) is 9.94. The van der Waals surface area contributed by atoms with Crippen molar-refractivity contribution >= 4 is 6.09 Å². The Balaban J connectivity index is 1.47. The number of ether oxygens (including phenoxy) is 1. The largest absolute Gasteiger partial charge is 0.444 e. The number of piperidine rings is 2. The zero-order chi connectivity index (χ0) is 21.8. The molecule has 7 nitrogen and oxygen atoms in total. The lowest BCUT2D eigenvalue weighted by molar-refractivity contribution is -0.00889. The van der Waals surface area contributed by atoms with Crippen LogP contribution in [0, 0.1) is 0 Å². The summed E-state index contributed by atoms with van der Waals surface area (Å²) in [6.45, 7) is 12.3. The zero-order valence-corrected chi connectivity index (χ0v) is 19.1. The van der Waals surface area contributed by atoms with E-state index in [0.717, 1.165) is 57.6 Å². The Morgan fingerprint density at radius 3 is 2.47 bits per heavy atom. The van der Waals surface area contributed by atoms with E-state index in [2.05, 4.69) is 22.1 Å². The van der Waals surface area contributed by atoms with Gasteiger partial charge in [-0.3, -0.25) is 9.88 Å². The molecule has 0 aromatic carbocycles. The summed E-state index contributed by atoms with van der Waals surface area (Å²) in [6, 6.07) is 6.56. The average Bonchev–Trinajstić information content (AvgIpc) is 2.72. The fourth-order valence-corrected chi connectivity index (χ4v) is 4.54. The molecule has 3 rings (SSSR count). The summed E-state index contributed by atoms with van der Waals surface area (Å²) >= 11 is 0. The van der Waals surface area contributed by atoms with E-state index in [1.54, 1.807) is 0 Å². The number of hydrogen-bond donors (Lipinski definition) is 2. The van der Waals surface area contributed by atoms with E-state index in [1.807, 2.05) is 50.1 Å². The number of hydrogen-bond acceptors (Lipinski definition) is 6. The number of nitrogens with one attached hydrogen (secondary N) is 1. The molecule has 30 heavy (non-hydrogen) atoms. The molecule has 0 radical (unpaired) electrons. The van der Waals surface area contributed by atoms with Gasteiger partial charge in [0.25, 0.3) is 0 Å². The summed E-state index contributed by atoms with van der Waals surface area (Å²) in [5, 5.41) is 3.72. The Kier molecular flexibility index (Phi) is 7.37. The number of pyridine rings is 1. The third-order valence-corrected chi connectivity index (χ3v) is 6.47. The number of likely N-dealkylation sites (tertiary alicyclic amines) is 2. The molecule has 2 aliphatic rings. The predicted octanol–water partition coefficient (Wildman–Crippen LogP) is 2.93. The van der Waals surface area contributed by atoms with E-state index >= 15 is 0 Å². The molecule has 0 bridgehead atoms. The molecule has 0 saturated carbocycles. The van der Waals surface area contributed by atoms with Gasteiger partial charge in [0, 0.05) is 50.5 Å². The van der Waals surface area contributed by atoms with E-state index in [-0.39, 0.29) is 17.7 Å². The van der Waals surface area contributed by atoms with Crippen molar-refractivity contribution in [3.63, 3.8) is 0 Å². The second kappa shape index (κ2) is 9.62. The van der Waals surface area contributed by atoms with Crippen LogP contribution in [-0.2, 0) is 4.74 Å². The van der Waals surface area contributed by atoms with Crippen LogP contribution in [0.5, 0.6) is 0 Å². The highest BCUT2D eigenvalue weighted by Gasteiger charge is 2.39. The van der Waals surface area contributed by atoms with Crippen molar-refractivity contribution in [2.75, 3.05) is 32.7 Å². The van der Waals surface area contributed by atoms with Crippen LogP contribution in [0.3, 0.4) is 0 Å². The van der Waals surface area contributed by atoms with Crippen LogP contribution in [0.15, 0.2) is 24.4 Å². The first-order valence-electron chi connectivity index (χ1n) is 11.3. The molecule has 0 unspecified atom stereocenters. The molecule has 1 aromatic rings. The summed E-state index contributed by atoms with van der Waals surface area (Å²) in [5.74, 6) is 0. The monoisotopic (exact) mass is 417 g/mol. The predicted molar refractivity (Wildman–Crippen MR) is 119 cm³/mol. The number of nitrogens with two attached hydrogens (primary N) is 1. The molecule has 7 heteroatoms. The van der Waals surface area contributed by atoms with Crippen LogP contribution in [0.1, 0.15) is 65.1 Å². The van der Waals surface area contributed by atoms with Gasteiger partial charge in [-0.2, -0.15) is 0 Å². The zero-order valence-electron chi connectivity index (χ0n) is 19.1. The lowest BCUT2D eigenvalue weighted by atomic mass is 9.85. The highest BCUT2D eigenvalue weighted by molar-refractivity contribution is 5.68. The van der Waals surface area contributed by atoms with E-state index in [9.17, 15) is 4.79 Å². The molecule has 0 aliphatic carbocycles. The molecule has 1 aromatic heterocycles. The summed E-state index contributed by atoms with van der Waals surface area (Å²) in [4.78, 5) is 21.3. The summed E-state index contributed by atoms with van der Waals surface area (Å²) < 4.78 is 5.54. The topological polar surface area (TPSA) is 83.7 Å². The Bertz CT molecular complexity index is 675. The number of rotatable bonds is 5. The van der Waals surface area contributed by atoms with E-state index in [1.165, 1.54) is 0 Å². The SMILES string of the molecule is CC(C)(C)OC(=O)N1CCC(C)(N2CCC(N[C@@H](CN)c3ccccn3)CC2)CC1. The third-order valence-electron chi connectivity index (χ3n) is 6.47. The van der Waals surface area contributed by atoms with Crippen molar-refractivity contribution < 1.29 is 9.53 Å². The lowest BCUT2D eigenvalue weighted by Crippen LogP contribution is -2.58. The first kappa shape index (κ1) is 23.0. The smallest absolute Gasteiger partial charge is 0.410 e. The van der Waals surface area contributed by atoms with Gasteiger partial charge in [-0.05, 0) is 65.5 Å². The van der Waals surface area contributed by atoms with E-state index in [4.69, 9.17) is 10.5 Å². The Morgan fingerprint density at radius 2 is 1.93 bits per heavy atom. The molecular weight excluding hydrogens is 378 g/mol. The van der Waals surface area contributed by atoms with Crippen LogP contribution >= 0.6 is 0 Å². The van der Waals surface area contributed by atoms with Crippen molar-refractivity contribution in [2.24, 2.45) is 5.73 Å². The van der Waals surface area contributed by atoms with Crippen LogP contribution < -0.4 is 11.1 Å². The van der Waals surface area contributed by atoms with Gasteiger partial charge in [0.15, 0.2) is 0 Å². The van der Waals surface area contributed by atoms with Gasteiger partial charge in [-0.25, -0.2) is 4.79 Å². The number of carbonyl (C=O) groups excluding carboxylic acids is 1. The molecule has 3 N–H and O–H groups in total. The van der Waals surface area contributed by atoms with Crippen molar-refractivity contribution in [2.45, 2.75) is 76.6 Å². The fraction of sp³-hybridized carbons (Fsp3) is 0.739. The van der Waals surface area contributed by atoms with Crippen molar-refractivity contribution in [3.8, 4) is 0 Å². The fourth-order valence-electron chi connectivity index (χ4n) is 4.54. The number of carbonyl (C=O) groups is 1. The second-order valence-electron chi connectivity index (χ2n) is 9.94. The summed E-state index contributed by atoms with van der Waals surface area (Å²) in [5.41, 5.74) is 6.73. The van der Waals surface area contributed by atoms with Gasteiger partial charge in [0.2, 0.25) is 0 Å². The molecule has 2 aliphatic heterocycles. The quantitative estimate of drug-likeness (QED) is 0.766. The highest BCUT2D eigenvalue weighted by atomic mass is 16.6. The van der Waals surface area contributed by atoms with Crippen molar-refractivity contribution in [3.05, 3.63) is 30.1 Å². The minimum Gasteiger partial charge on any atom is -0.444 e. The molecule has 168 valence electrons. The number of aromatic nitrogens is 1. The van der Waals surface area contributed by atoms with Crippen LogP contribution in [0.4, 0.5) is 4.79 Å². The Hall–Kier alpha value is -1.70. The Labute approximate surface area is 181 Å². The maximum atomic E-state index is 12.4. The standard InChI is InChI=1S/C23H39N5O2/c1-22(2,3)30-21(29)27-15-10-23(4,11-16-27)28-13-8-18(9-14-28)26-20(17-24)19-7-5-6-12-25-19/h5-7,12,18,20,26H,8-11,13-17,24H2,1-4H3/t20-/m0/s1. The molecule has 1 amide bonds. The minimum absolute atomic E-state index is 0.107. The minimum atomic E-state index is -0.441. The van der Waals surface area contributed by atoms with Crippen molar-refractivity contribution in [1.82, 2.24) is 20.1 Å². The number of nitrogens with zero attached hydrogens (tertiary/aromatic N) is 3. The molecule has 2 saturated heterocycles. The van der Waals surface area contributed by atoms with E-state index < -0.39 is 5.60 Å². The first-order valence-corrected chi connectivity index (χ1v) is 11.3. The first-order chi connectivity index (χ1) is 14.2. The van der Waals surface area contributed by atoms with Crippen LogP contribution in [-0.4, -0.2) is 70.8 Å². The molecule has 0 spiro atoms. The molecule has 1 atom stereocenters. The maximum Gasteiger partial charge on any atom is 0.410 e. The van der Waals surface area contributed by atoms with Gasteiger partial charge in [0.1, 0.15) is 5.60 Å². The number of amides is 1. The normalized spacial score (nSPS) is 22.0. The van der Waals surface area contributed by atoms with Gasteiger partial charge in [-0.15, -0.1) is 0 Å². The molecular formula is C23H39N5O2. The third kappa shape index (κ3) is 5.93. The van der Waals surface area contributed by atoms with Gasteiger partial charge in [-0.1, -0.05) is 6.07 Å².